The van der Waals surface area contributed by atoms with E-state index in [1.807, 2.05) is 6.92 Å². The third-order valence-electron chi connectivity index (χ3n) is 2.33. The van der Waals surface area contributed by atoms with Gasteiger partial charge in [-0.2, -0.15) is 5.21 Å². The zero-order valence-electron chi connectivity index (χ0n) is 10.4. The number of H-pyrrole nitrogens is 1. The number of rotatable bonds is 8. The normalized spacial score (nSPS) is 14.2. The first-order chi connectivity index (χ1) is 8.59. The van der Waals surface area contributed by atoms with E-state index in [0.717, 1.165) is 19.4 Å². The van der Waals surface area contributed by atoms with Gasteiger partial charge in [-0.25, -0.2) is 0 Å². The number of tetrazole rings is 1. The van der Waals surface area contributed by atoms with Gasteiger partial charge in [-0.05, 0) is 31.5 Å². The fraction of sp³-hybridized carbons (Fsp3) is 0.778. The Morgan fingerprint density at radius 2 is 2.22 bits per heavy atom. The van der Waals surface area contributed by atoms with Crippen LogP contribution < -0.4 is 22.1 Å². The van der Waals surface area contributed by atoms with Crippen LogP contribution in [0.25, 0.3) is 0 Å². The summed E-state index contributed by atoms with van der Waals surface area (Å²) in [7, 11) is 0. The van der Waals surface area contributed by atoms with Crippen LogP contribution in [-0.4, -0.2) is 45.3 Å². The van der Waals surface area contributed by atoms with Gasteiger partial charge >= 0.3 is 0 Å². The van der Waals surface area contributed by atoms with Gasteiger partial charge in [-0.1, -0.05) is 11.5 Å². The van der Waals surface area contributed by atoms with Crippen molar-refractivity contribution >= 4 is 11.9 Å². The summed E-state index contributed by atoms with van der Waals surface area (Å²) >= 11 is 0. The molecule has 2 atom stereocenters. The predicted molar refractivity (Wildman–Crippen MR) is 66.3 cm³/mol. The smallest absolute Gasteiger partial charge is 0.269 e. The summed E-state index contributed by atoms with van der Waals surface area (Å²) in [4.78, 5) is 11.6. The van der Waals surface area contributed by atoms with Crippen molar-refractivity contribution in [1.82, 2.24) is 25.9 Å². The van der Waals surface area contributed by atoms with Gasteiger partial charge in [0.15, 0.2) is 0 Å². The maximum atomic E-state index is 11.6. The Morgan fingerprint density at radius 3 is 2.83 bits per heavy atom. The summed E-state index contributed by atoms with van der Waals surface area (Å²) in [6.07, 6.45) is 2.36. The lowest BCUT2D eigenvalue weighted by molar-refractivity contribution is -0.117. The summed E-state index contributed by atoms with van der Waals surface area (Å²) in [5, 5.41) is 18.3. The van der Waals surface area contributed by atoms with Crippen molar-refractivity contribution in [3.8, 4) is 0 Å². The van der Waals surface area contributed by atoms with Gasteiger partial charge in [0.25, 0.3) is 5.95 Å². The average molecular weight is 256 g/mol. The molecule has 0 aliphatic heterocycles. The molecule has 18 heavy (non-hydrogen) atoms. The molecule has 0 fully saturated rings. The summed E-state index contributed by atoms with van der Waals surface area (Å²) in [6.45, 7) is 2.70. The molecule has 0 aromatic carbocycles. The number of nitrogens with one attached hydrogen (secondary N) is 3. The lowest BCUT2D eigenvalue weighted by atomic mass is 10.1. The highest BCUT2D eigenvalue weighted by Gasteiger charge is 2.14. The Balaban J connectivity index is 2.12. The van der Waals surface area contributed by atoms with Crippen LogP contribution in [0.3, 0.4) is 0 Å². The van der Waals surface area contributed by atoms with Crippen molar-refractivity contribution < 1.29 is 4.79 Å². The van der Waals surface area contributed by atoms with Crippen molar-refractivity contribution in [3.63, 3.8) is 0 Å². The van der Waals surface area contributed by atoms with Gasteiger partial charge in [-0.15, -0.1) is 5.10 Å². The molecule has 0 aliphatic carbocycles. The Bertz CT molecular complexity index is 338. The molecule has 1 rings (SSSR count). The standard InChI is InChI=1S/C9H20N8O/c1-6(10)12-5-3-2-4-7(11)8(18)13-9-14-16-17-15-9/h6-7,12H,2-5,10-11H2,1H3,(H2,13,14,15,16,17,18)/t6?,7-/m1/s1. The number of hydrogen-bond donors (Lipinski definition) is 5. The molecule has 102 valence electrons. The quantitative estimate of drug-likeness (QED) is 0.281. The molecular weight excluding hydrogens is 236 g/mol. The molecule has 1 unspecified atom stereocenters. The van der Waals surface area contributed by atoms with E-state index in [1.165, 1.54) is 0 Å². The van der Waals surface area contributed by atoms with Crippen LogP contribution in [0.4, 0.5) is 5.95 Å². The van der Waals surface area contributed by atoms with Crippen molar-refractivity contribution in [1.29, 1.82) is 0 Å². The molecule has 0 bridgehead atoms. The number of anilines is 1. The number of carbonyl (C=O) groups is 1. The topological polar surface area (TPSA) is 148 Å². The van der Waals surface area contributed by atoms with Crippen LogP contribution in [-0.2, 0) is 4.79 Å². The third-order valence-corrected chi connectivity index (χ3v) is 2.33. The summed E-state index contributed by atoms with van der Waals surface area (Å²) < 4.78 is 0. The van der Waals surface area contributed by atoms with E-state index < -0.39 is 6.04 Å². The monoisotopic (exact) mass is 256 g/mol. The van der Waals surface area contributed by atoms with E-state index in [4.69, 9.17) is 11.5 Å². The second kappa shape index (κ2) is 7.69. The molecule has 1 amide bonds. The van der Waals surface area contributed by atoms with Gasteiger partial charge in [0.2, 0.25) is 5.91 Å². The molecule has 0 spiro atoms. The minimum Gasteiger partial charge on any atom is -0.320 e. The van der Waals surface area contributed by atoms with E-state index in [1.54, 1.807) is 0 Å². The molecule has 0 radical (unpaired) electrons. The highest BCUT2D eigenvalue weighted by Crippen LogP contribution is 2.01. The van der Waals surface area contributed by atoms with E-state index in [-0.39, 0.29) is 18.0 Å². The first-order valence-electron chi connectivity index (χ1n) is 5.88. The fourth-order valence-electron chi connectivity index (χ4n) is 1.37. The number of aromatic amines is 1. The summed E-state index contributed by atoms with van der Waals surface area (Å²) in [6, 6.07) is -0.571. The van der Waals surface area contributed by atoms with E-state index in [0.29, 0.717) is 6.42 Å². The van der Waals surface area contributed by atoms with Crippen LogP contribution in [0.2, 0.25) is 0 Å². The van der Waals surface area contributed by atoms with Gasteiger partial charge < -0.3 is 16.8 Å². The Morgan fingerprint density at radius 1 is 1.44 bits per heavy atom. The number of aromatic nitrogens is 4. The minimum atomic E-state index is -0.571. The second-order valence-electron chi connectivity index (χ2n) is 4.07. The van der Waals surface area contributed by atoms with Crippen LogP contribution in [0.1, 0.15) is 26.2 Å². The molecule has 7 N–H and O–H groups in total. The Hall–Kier alpha value is -1.58. The van der Waals surface area contributed by atoms with E-state index >= 15 is 0 Å². The molecule has 0 aliphatic rings. The maximum Gasteiger partial charge on any atom is 0.269 e. The van der Waals surface area contributed by atoms with Crippen molar-refractivity contribution in [2.45, 2.75) is 38.4 Å². The number of hydrogen-bond acceptors (Lipinski definition) is 7. The first-order valence-corrected chi connectivity index (χ1v) is 5.88. The largest absolute Gasteiger partial charge is 0.320 e. The molecule has 0 saturated carbocycles. The third kappa shape index (κ3) is 5.66. The Labute approximate surface area is 105 Å². The number of nitrogens with zero attached hydrogens (tertiary/aromatic N) is 3. The van der Waals surface area contributed by atoms with Gasteiger partial charge in [0, 0.05) is 0 Å². The molecule has 1 aromatic rings. The summed E-state index contributed by atoms with van der Waals surface area (Å²) in [5.41, 5.74) is 11.3. The molecule has 9 heteroatoms. The molecule has 0 saturated heterocycles. The highest BCUT2D eigenvalue weighted by molar-refractivity contribution is 5.92. The zero-order chi connectivity index (χ0) is 13.4. The van der Waals surface area contributed by atoms with Crippen LogP contribution in [0, 0.1) is 0 Å². The van der Waals surface area contributed by atoms with Crippen LogP contribution in [0.5, 0.6) is 0 Å². The predicted octanol–water partition coefficient (Wildman–Crippen LogP) is -1.47. The number of nitrogens with two attached hydrogens (primary N) is 2. The van der Waals surface area contributed by atoms with Crippen LogP contribution in [0.15, 0.2) is 0 Å². The molecule has 1 aromatic heterocycles. The van der Waals surface area contributed by atoms with E-state index in [9.17, 15) is 4.79 Å². The fourth-order valence-corrected chi connectivity index (χ4v) is 1.37. The SMILES string of the molecule is CC(N)NCCCC[C@@H](N)C(=O)Nc1nn[nH]n1. The zero-order valence-corrected chi connectivity index (χ0v) is 10.4. The lowest BCUT2D eigenvalue weighted by Gasteiger charge is -2.11. The van der Waals surface area contributed by atoms with Gasteiger partial charge in [0.1, 0.15) is 0 Å². The van der Waals surface area contributed by atoms with Crippen molar-refractivity contribution in [2.24, 2.45) is 11.5 Å². The average Bonchev–Trinajstić information content (AvgIpc) is 2.80. The molecule has 1 heterocycles. The van der Waals surface area contributed by atoms with Crippen LogP contribution >= 0.6 is 0 Å². The van der Waals surface area contributed by atoms with Crippen molar-refractivity contribution in [3.05, 3.63) is 0 Å². The lowest BCUT2D eigenvalue weighted by Crippen LogP contribution is -2.37. The maximum absolute atomic E-state index is 11.6. The minimum absolute atomic E-state index is 0.0137. The molecule has 9 nitrogen and oxygen atoms in total. The number of unbranched alkanes of at least 4 members (excludes halogenated alkanes) is 1. The number of carbonyl (C=O) groups excluding carboxylic acids is 1. The summed E-state index contributed by atoms with van der Waals surface area (Å²) in [5.74, 6) is -0.175. The van der Waals surface area contributed by atoms with Gasteiger partial charge in [-0.3, -0.25) is 10.1 Å². The molecular formula is C9H20N8O. The second-order valence-corrected chi connectivity index (χ2v) is 4.07. The highest BCUT2D eigenvalue weighted by atomic mass is 16.2. The van der Waals surface area contributed by atoms with E-state index in [2.05, 4.69) is 31.3 Å². The first kappa shape index (κ1) is 14.5. The Kier molecular flexibility index (Phi) is 6.19. The number of amides is 1. The van der Waals surface area contributed by atoms with Crippen molar-refractivity contribution in [2.75, 3.05) is 11.9 Å². The van der Waals surface area contributed by atoms with Gasteiger partial charge in [0.05, 0.1) is 12.2 Å².